The second-order valence-electron chi connectivity index (χ2n) is 5.34. The number of nitrogens with zero attached hydrogens (tertiary/aromatic N) is 3. The third-order valence-corrected chi connectivity index (χ3v) is 4.54. The molecule has 6 nitrogen and oxygen atoms in total. The fourth-order valence-electron chi connectivity index (χ4n) is 2.10. The zero-order valence-corrected chi connectivity index (χ0v) is 14.8. The topological polar surface area (TPSA) is 69.0 Å². The van der Waals surface area contributed by atoms with Crippen molar-refractivity contribution in [2.24, 2.45) is 7.05 Å². The van der Waals surface area contributed by atoms with Gasteiger partial charge in [0.25, 0.3) is 0 Å². The van der Waals surface area contributed by atoms with Gasteiger partial charge in [0, 0.05) is 7.05 Å². The summed E-state index contributed by atoms with van der Waals surface area (Å²) in [5, 5.41) is 11.6. The van der Waals surface area contributed by atoms with Crippen LogP contribution in [-0.2, 0) is 11.8 Å². The largest absolute Gasteiger partial charge is 0.455 e. The molecule has 0 saturated heterocycles. The van der Waals surface area contributed by atoms with Crippen molar-refractivity contribution >= 4 is 23.4 Å². The molecule has 1 aromatic heterocycles. The highest BCUT2D eigenvalue weighted by Gasteiger charge is 2.11. The number of nitrogens with one attached hydrogen (secondary N) is 1. The molecule has 0 aliphatic rings. The highest BCUT2D eigenvalue weighted by atomic mass is 32.2. The zero-order chi connectivity index (χ0) is 17.6. The summed E-state index contributed by atoms with van der Waals surface area (Å²) in [5.74, 6) is 2.24. The smallest absolute Gasteiger partial charge is 0.234 e. The number of para-hydroxylation sites is 3. The molecule has 2 aromatic carbocycles. The predicted octanol–water partition coefficient (Wildman–Crippen LogP) is 3.65. The van der Waals surface area contributed by atoms with E-state index in [9.17, 15) is 4.79 Å². The molecule has 0 saturated carbocycles. The third kappa shape index (κ3) is 4.39. The lowest BCUT2D eigenvalue weighted by Gasteiger charge is -2.12. The maximum atomic E-state index is 12.3. The van der Waals surface area contributed by atoms with Gasteiger partial charge in [0.2, 0.25) is 5.91 Å². The van der Waals surface area contributed by atoms with Crippen molar-refractivity contribution in [3.05, 3.63) is 60.4 Å². The van der Waals surface area contributed by atoms with E-state index in [2.05, 4.69) is 15.5 Å². The van der Waals surface area contributed by atoms with Gasteiger partial charge in [-0.15, -0.1) is 10.2 Å². The number of hydrogen-bond donors (Lipinski definition) is 1. The molecule has 25 heavy (non-hydrogen) atoms. The fourth-order valence-corrected chi connectivity index (χ4v) is 2.86. The summed E-state index contributed by atoms with van der Waals surface area (Å²) in [6.07, 6.45) is 0. The fraction of sp³-hybridized carbons (Fsp3) is 0.167. The van der Waals surface area contributed by atoms with Gasteiger partial charge in [-0.2, -0.15) is 0 Å². The van der Waals surface area contributed by atoms with Gasteiger partial charge in [0.1, 0.15) is 11.6 Å². The SMILES string of the molecule is Cc1nnc(SCC(=O)Nc2ccccc2Oc2ccccc2)n1C. The molecule has 3 rings (SSSR count). The van der Waals surface area contributed by atoms with Crippen LogP contribution in [0.3, 0.4) is 0 Å². The van der Waals surface area contributed by atoms with Crippen LogP contribution in [0.5, 0.6) is 11.5 Å². The number of ether oxygens (including phenoxy) is 1. The summed E-state index contributed by atoms with van der Waals surface area (Å²) in [6, 6.07) is 16.8. The lowest BCUT2D eigenvalue weighted by atomic mass is 10.3. The molecule has 0 radical (unpaired) electrons. The number of amides is 1. The molecule has 1 amide bonds. The van der Waals surface area contributed by atoms with E-state index in [0.29, 0.717) is 22.3 Å². The number of hydrogen-bond acceptors (Lipinski definition) is 5. The van der Waals surface area contributed by atoms with Crippen molar-refractivity contribution in [1.82, 2.24) is 14.8 Å². The molecule has 0 spiro atoms. The molecule has 0 bridgehead atoms. The Kier molecular flexibility index (Phi) is 5.35. The molecule has 0 fully saturated rings. The minimum atomic E-state index is -0.130. The number of carbonyl (C=O) groups is 1. The summed E-state index contributed by atoms with van der Waals surface area (Å²) in [4.78, 5) is 12.3. The monoisotopic (exact) mass is 354 g/mol. The Balaban J connectivity index is 1.64. The average Bonchev–Trinajstić information content (AvgIpc) is 2.94. The van der Waals surface area contributed by atoms with Crippen molar-refractivity contribution in [3.8, 4) is 11.5 Å². The molecule has 3 aromatic rings. The number of anilines is 1. The first-order chi connectivity index (χ1) is 12.1. The van der Waals surface area contributed by atoms with Gasteiger partial charge in [0.15, 0.2) is 10.9 Å². The lowest BCUT2D eigenvalue weighted by Crippen LogP contribution is -2.15. The van der Waals surface area contributed by atoms with E-state index in [1.54, 1.807) is 0 Å². The predicted molar refractivity (Wildman–Crippen MR) is 98.1 cm³/mol. The van der Waals surface area contributed by atoms with Crippen LogP contribution in [0.15, 0.2) is 59.8 Å². The third-order valence-electron chi connectivity index (χ3n) is 3.52. The van der Waals surface area contributed by atoms with E-state index >= 15 is 0 Å². The van der Waals surface area contributed by atoms with E-state index < -0.39 is 0 Å². The Hall–Kier alpha value is -2.80. The lowest BCUT2D eigenvalue weighted by molar-refractivity contribution is -0.113. The molecule has 1 heterocycles. The Labute approximate surface area is 150 Å². The van der Waals surface area contributed by atoms with Crippen molar-refractivity contribution in [3.63, 3.8) is 0 Å². The molecule has 7 heteroatoms. The van der Waals surface area contributed by atoms with Gasteiger partial charge >= 0.3 is 0 Å². The van der Waals surface area contributed by atoms with Crippen molar-refractivity contribution in [2.45, 2.75) is 12.1 Å². The number of aryl methyl sites for hydroxylation is 1. The summed E-state index contributed by atoms with van der Waals surface area (Å²) in [5.41, 5.74) is 0.631. The maximum absolute atomic E-state index is 12.3. The van der Waals surface area contributed by atoms with Gasteiger partial charge < -0.3 is 14.6 Å². The number of thioether (sulfide) groups is 1. The summed E-state index contributed by atoms with van der Waals surface area (Å²) < 4.78 is 7.70. The second-order valence-corrected chi connectivity index (χ2v) is 6.28. The van der Waals surface area contributed by atoms with E-state index in [4.69, 9.17) is 4.74 Å². The Morgan fingerprint density at radius 1 is 1.12 bits per heavy atom. The molecule has 0 aliphatic carbocycles. The molecular weight excluding hydrogens is 336 g/mol. The molecule has 0 aliphatic heterocycles. The first-order valence-corrected chi connectivity index (χ1v) is 8.72. The van der Waals surface area contributed by atoms with Gasteiger partial charge in [-0.25, -0.2) is 0 Å². The summed E-state index contributed by atoms with van der Waals surface area (Å²) in [7, 11) is 1.87. The van der Waals surface area contributed by atoms with Crippen LogP contribution >= 0.6 is 11.8 Å². The van der Waals surface area contributed by atoms with Crippen molar-refractivity contribution in [2.75, 3.05) is 11.1 Å². The second kappa shape index (κ2) is 7.85. The maximum Gasteiger partial charge on any atom is 0.234 e. The normalized spacial score (nSPS) is 10.5. The van der Waals surface area contributed by atoms with Gasteiger partial charge in [-0.1, -0.05) is 42.1 Å². The van der Waals surface area contributed by atoms with Gasteiger partial charge in [-0.05, 0) is 31.2 Å². The minimum Gasteiger partial charge on any atom is -0.455 e. The van der Waals surface area contributed by atoms with Crippen LogP contribution in [0.4, 0.5) is 5.69 Å². The summed E-state index contributed by atoms with van der Waals surface area (Å²) in [6.45, 7) is 1.87. The van der Waals surface area contributed by atoms with Crippen LogP contribution < -0.4 is 10.1 Å². The van der Waals surface area contributed by atoms with Gasteiger partial charge in [0.05, 0.1) is 11.4 Å². The Morgan fingerprint density at radius 2 is 1.84 bits per heavy atom. The highest BCUT2D eigenvalue weighted by Crippen LogP contribution is 2.29. The number of benzene rings is 2. The molecule has 128 valence electrons. The van der Waals surface area contributed by atoms with Gasteiger partial charge in [-0.3, -0.25) is 4.79 Å². The van der Waals surface area contributed by atoms with Crippen molar-refractivity contribution < 1.29 is 9.53 Å². The first-order valence-electron chi connectivity index (χ1n) is 7.74. The standard InChI is InChI=1S/C18H18N4O2S/c1-13-20-21-18(22(13)2)25-12-17(23)19-15-10-6-7-11-16(15)24-14-8-4-3-5-9-14/h3-11H,12H2,1-2H3,(H,19,23). The quantitative estimate of drug-likeness (QED) is 0.684. The number of carbonyl (C=O) groups excluding carboxylic acids is 1. The molecule has 1 N–H and O–H groups in total. The Bertz CT molecular complexity index is 865. The number of aromatic nitrogens is 3. The van der Waals surface area contributed by atoms with Crippen LogP contribution in [0, 0.1) is 6.92 Å². The van der Waals surface area contributed by atoms with E-state index in [0.717, 1.165) is 5.82 Å². The Morgan fingerprint density at radius 3 is 2.56 bits per heavy atom. The van der Waals surface area contributed by atoms with Crippen LogP contribution in [0.2, 0.25) is 0 Å². The minimum absolute atomic E-state index is 0.130. The zero-order valence-electron chi connectivity index (χ0n) is 14.0. The molecule has 0 atom stereocenters. The first kappa shape index (κ1) is 17.0. The van der Waals surface area contributed by atoms with E-state index in [1.165, 1.54) is 11.8 Å². The number of rotatable bonds is 6. The van der Waals surface area contributed by atoms with Crippen molar-refractivity contribution in [1.29, 1.82) is 0 Å². The van der Waals surface area contributed by atoms with Crippen LogP contribution in [0.1, 0.15) is 5.82 Å². The average molecular weight is 354 g/mol. The highest BCUT2D eigenvalue weighted by molar-refractivity contribution is 7.99. The van der Waals surface area contributed by atoms with Crippen LogP contribution in [0.25, 0.3) is 0 Å². The molecular formula is C18H18N4O2S. The summed E-state index contributed by atoms with van der Waals surface area (Å²) >= 11 is 1.34. The van der Waals surface area contributed by atoms with E-state index in [-0.39, 0.29) is 11.7 Å². The molecule has 0 unspecified atom stereocenters. The van der Waals surface area contributed by atoms with E-state index in [1.807, 2.05) is 73.1 Å². The van der Waals surface area contributed by atoms with Crippen LogP contribution in [-0.4, -0.2) is 26.4 Å².